The van der Waals surface area contributed by atoms with Gasteiger partial charge in [-0.3, -0.25) is 0 Å². The van der Waals surface area contributed by atoms with E-state index in [4.69, 9.17) is 22.8 Å². The van der Waals surface area contributed by atoms with E-state index in [0.717, 1.165) is 24.8 Å². The van der Waals surface area contributed by atoms with Crippen LogP contribution in [0.25, 0.3) is 11.6 Å². The predicted molar refractivity (Wildman–Crippen MR) is 135 cm³/mol. The Bertz CT molecular complexity index is 1120. The van der Waals surface area contributed by atoms with Crippen LogP contribution in [0, 0.1) is 5.92 Å². The second-order valence-corrected chi connectivity index (χ2v) is 23.7. The SMILES string of the molecule is [NH2][Ti]([Cl])([Cl])([CH2]c1ccccc1)[CH]1CCCCC1C1C(c2ccccc2)=Cc2ccccc21. The van der Waals surface area contributed by atoms with Gasteiger partial charge in [0.05, 0.1) is 0 Å². The van der Waals surface area contributed by atoms with E-state index in [1.165, 1.54) is 28.7 Å². The van der Waals surface area contributed by atoms with E-state index in [1.54, 1.807) is 0 Å². The van der Waals surface area contributed by atoms with E-state index >= 15 is 0 Å². The van der Waals surface area contributed by atoms with Gasteiger partial charge in [-0.15, -0.1) is 0 Å². The van der Waals surface area contributed by atoms with Gasteiger partial charge in [0.2, 0.25) is 0 Å². The van der Waals surface area contributed by atoms with Gasteiger partial charge in [0.1, 0.15) is 0 Å². The third-order valence-electron chi connectivity index (χ3n) is 7.47. The molecule has 32 heavy (non-hydrogen) atoms. The Labute approximate surface area is 200 Å². The summed E-state index contributed by atoms with van der Waals surface area (Å²) in [6, 6.07) is 29.9. The van der Waals surface area contributed by atoms with Crippen molar-refractivity contribution in [2.75, 3.05) is 0 Å². The summed E-state index contributed by atoms with van der Waals surface area (Å²) in [4.78, 5) is 0. The average molecular weight is 499 g/mol. The molecule has 3 atom stereocenters. The number of hydrogen-bond donors (Lipinski definition) is 1. The van der Waals surface area contributed by atoms with Gasteiger partial charge in [0.15, 0.2) is 0 Å². The molecule has 1 fully saturated rings. The van der Waals surface area contributed by atoms with Crippen molar-refractivity contribution in [1.82, 2.24) is 0 Å². The molecule has 0 bridgehead atoms. The van der Waals surface area contributed by atoms with Crippen molar-refractivity contribution in [2.24, 2.45) is 10.1 Å². The fraction of sp³-hybridized carbons (Fsp3) is 0.286. The number of nitrogens with two attached hydrogens (primary N) is 1. The van der Waals surface area contributed by atoms with E-state index in [9.17, 15) is 0 Å². The average Bonchev–Trinajstić information content (AvgIpc) is 3.19. The summed E-state index contributed by atoms with van der Waals surface area (Å²) in [6.45, 7) is 0. The molecule has 0 aromatic heterocycles. The van der Waals surface area contributed by atoms with Gasteiger partial charge in [-0.2, -0.15) is 0 Å². The molecule has 0 saturated heterocycles. The molecule has 0 radical (unpaired) electrons. The predicted octanol–water partition coefficient (Wildman–Crippen LogP) is 8.37. The first kappa shape index (κ1) is 22.4. The van der Waals surface area contributed by atoms with Crippen molar-refractivity contribution >= 4 is 30.3 Å². The van der Waals surface area contributed by atoms with Gasteiger partial charge < -0.3 is 0 Å². The maximum atomic E-state index is 7.41. The van der Waals surface area contributed by atoms with E-state index in [0.29, 0.717) is 16.6 Å². The minimum atomic E-state index is -4.33. The summed E-state index contributed by atoms with van der Waals surface area (Å²) in [5, 5.41) is 0. The fourth-order valence-electron chi connectivity index (χ4n) is 6.11. The van der Waals surface area contributed by atoms with Gasteiger partial charge in [0, 0.05) is 0 Å². The van der Waals surface area contributed by atoms with Crippen molar-refractivity contribution in [3.05, 3.63) is 107 Å². The molecule has 165 valence electrons. The third kappa shape index (κ3) is 4.39. The number of fused-ring (bicyclic) bond motifs is 1. The first-order valence-corrected chi connectivity index (χ1v) is 18.9. The molecule has 0 aliphatic heterocycles. The standard InChI is InChI=1S/C21H21.C7H7.2ClH.H2N.Ti/c1-3-9-16(10-4-1)20-15-18-13-7-8-14-19(18)21(20)17-11-5-2-6-12-17;1-7-5-3-2-4-6-7;;;;/h1,3-4,7-11,13-15,17,21H,2,5-6,12H2;2-6H,1H2;2*1H;1H2;/q;;;;-1;+3/p-2. The van der Waals surface area contributed by atoms with E-state index < -0.39 is 13.4 Å². The second-order valence-electron chi connectivity index (χ2n) is 9.64. The van der Waals surface area contributed by atoms with Crippen LogP contribution >= 0.6 is 18.6 Å². The first-order chi connectivity index (χ1) is 15.4. The Balaban J connectivity index is 1.57. The van der Waals surface area contributed by atoms with Crippen molar-refractivity contribution in [2.45, 2.75) is 40.5 Å². The molecule has 5 rings (SSSR count). The molecule has 2 aliphatic carbocycles. The van der Waals surface area contributed by atoms with Gasteiger partial charge >= 0.3 is 202 Å². The third-order valence-corrected chi connectivity index (χ3v) is 16.1. The Hall–Kier alpha value is -1.35. The van der Waals surface area contributed by atoms with Crippen LogP contribution in [0.1, 0.15) is 53.9 Å². The molecule has 2 aliphatic rings. The monoisotopic (exact) mass is 498 g/mol. The molecule has 0 heterocycles. The Morgan fingerprint density at radius 3 is 2.16 bits per heavy atom. The van der Waals surface area contributed by atoms with Crippen molar-refractivity contribution in [1.29, 1.82) is 0 Å². The molecular formula is C28H30Cl2NTi. The Morgan fingerprint density at radius 2 is 1.41 bits per heavy atom. The van der Waals surface area contributed by atoms with Crippen LogP contribution in [-0.4, -0.2) is 0 Å². The van der Waals surface area contributed by atoms with E-state index in [1.807, 2.05) is 18.2 Å². The number of rotatable bonds is 5. The molecule has 1 nitrogen and oxygen atoms in total. The van der Waals surface area contributed by atoms with Crippen molar-refractivity contribution in [3.8, 4) is 0 Å². The van der Waals surface area contributed by atoms with Gasteiger partial charge in [-0.1, -0.05) is 0 Å². The molecule has 1 saturated carbocycles. The molecule has 3 unspecified atom stereocenters. The summed E-state index contributed by atoms with van der Waals surface area (Å²) in [5.74, 6) is 0.651. The van der Waals surface area contributed by atoms with Crippen molar-refractivity contribution < 1.29 is 13.4 Å². The summed E-state index contributed by atoms with van der Waals surface area (Å²) in [7, 11) is 14.8. The molecule has 0 spiro atoms. The molecule has 4 heteroatoms. The van der Waals surface area contributed by atoms with Crippen LogP contribution in [0.2, 0.25) is 4.22 Å². The molecule has 0 amide bonds. The Kier molecular flexibility index (Phi) is 6.16. The van der Waals surface area contributed by atoms with Crippen LogP contribution < -0.4 is 4.22 Å². The number of hydrogen-bond acceptors (Lipinski definition) is 1. The molecule has 3 aromatic rings. The summed E-state index contributed by atoms with van der Waals surface area (Å²) in [5.41, 5.74) is 6.55. The summed E-state index contributed by atoms with van der Waals surface area (Å²) in [6.07, 6.45) is 6.89. The summed E-state index contributed by atoms with van der Waals surface area (Å²) < 4.78 is 7.93. The number of allylic oxidation sites excluding steroid dienone is 1. The zero-order chi connectivity index (χ0) is 22.2. The van der Waals surface area contributed by atoms with Gasteiger partial charge in [-0.05, 0) is 0 Å². The van der Waals surface area contributed by atoms with E-state index in [2.05, 4.69) is 72.8 Å². The van der Waals surface area contributed by atoms with Gasteiger partial charge in [0.25, 0.3) is 0 Å². The topological polar surface area (TPSA) is 26.0 Å². The second kappa shape index (κ2) is 8.78. The number of halogens is 2. The summed E-state index contributed by atoms with van der Waals surface area (Å²) >= 11 is -4.33. The van der Waals surface area contributed by atoms with Crippen LogP contribution in [0.3, 0.4) is 0 Å². The number of benzene rings is 3. The maximum absolute atomic E-state index is 7.41. The van der Waals surface area contributed by atoms with Crippen molar-refractivity contribution in [3.63, 3.8) is 0 Å². The first-order valence-electron chi connectivity index (χ1n) is 11.7. The van der Waals surface area contributed by atoms with Gasteiger partial charge in [-0.25, -0.2) is 0 Å². The molecule has 2 N–H and O–H groups in total. The van der Waals surface area contributed by atoms with E-state index in [-0.39, 0.29) is 4.22 Å². The minimum absolute atomic E-state index is 0.174. The zero-order valence-electron chi connectivity index (χ0n) is 18.3. The van der Waals surface area contributed by atoms with Crippen LogP contribution in [0.15, 0.2) is 84.9 Å². The molecular weight excluding hydrogens is 469 g/mol. The fourth-order valence-corrected chi connectivity index (χ4v) is 14.8. The normalized spacial score (nSPS) is 24.3. The van der Waals surface area contributed by atoms with Crippen LogP contribution in [0.5, 0.6) is 0 Å². The Morgan fingerprint density at radius 1 is 0.781 bits per heavy atom. The van der Waals surface area contributed by atoms with Crippen LogP contribution in [-0.2, 0) is 18.2 Å². The molecule has 3 aromatic carbocycles. The van der Waals surface area contributed by atoms with Crippen LogP contribution in [0.4, 0.5) is 0 Å². The zero-order valence-corrected chi connectivity index (χ0v) is 21.3. The quantitative estimate of drug-likeness (QED) is 0.351.